The van der Waals surface area contributed by atoms with Crippen LogP contribution in [0.5, 0.6) is 0 Å². The third-order valence-electron chi connectivity index (χ3n) is 3.38. The lowest BCUT2D eigenvalue weighted by Gasteiger charge is -2.43. The van der Waals surface area contributed by atoms with Crippen LogP contribution in [0.4, 0.5) is 10.1 Å². The molecular weight excluding hydrogens is 221 g/mol. The van der Waals surface area contributed by atoms with Gasteiger partial charge in [0.05, 0.1) is 11.3 Å². The van der Waals surface area contributed by atoms with Crippen LogP contribution in [-0.2, 0) is 0 Å². The number of hydrogen-bond donors (Lipinski definition) is 1. The molecule has 0 saturated carbocycles. The lowest BCUT2D eigenvalue weighted by molar-refractivity contribution is 0.0697. The van der Waals surface area contributed by atoms with E-state index < -0.39 is 11.8 Å². The molecule has 0 spiro atoms. The van der Waals surface area contributed by atoms with Crippen molar-refractivity contribution in [1.29, 1.82) is 0 Å². The van der Waals surface area contributed by atoms with Crippen LogP contribution in [0.1, 0.15) is 24.2 Å². The van der Waals surface area contributed by atoms with E-state index >= 15 is 0 Å². The Morgan fingerprint density at radius 3 is 2.65 bits per heavy atom. The standard InChI is InChI=1S/C13H16FNO2/c1-8(2)9-6-15(7-9)12-5-10(14)3-4-11(12)13(16)17/h3-5,8-9H,6-7H2,1-2H3,(H,16,17). The fourth-order valence-electron chi connectivity index (χ4n) is 2.08. The highest BCUT2D eigenvalue weighted by Gasteiger charge is 2.31. The van der Waals surface area contributed by atoms with Gasteiger partial charge in [0.25, 0.3) is 0 Å². The molecule has 1 aromatic carbocycles. The van der Waals surface area contributed by atoms with Crippen LogP contribution < -0.4 is 4.90 Å². The van der Waals surface area contributed by atoms with E-state index in [0.29, 0.717) is 17.5 Å². The molecular formula is C13H16FNO2. The zero-order chi connectivity index (χ0) is 12.6. The molecule has 4 heteroatoms. The number of nitrogens with zero attached hydrogens (tertiary/aromatic N) is 1. The van der Waals surface area contributed by atoms with E-state index in [2.05, 4.69) is 13.8 Å². The van der Waals surface area contributed by atoms with Crippen molar-refractivity contribution >= 4 is 11.7 Å². The number of benzene rings is 1. The van der Waals surface area contributed by atoms with Gasteiger partial charge < -0.3 is 10.0 Å². The van der Waals surface area contributed by atoms with Crippen LogP contribution in [-0.4, -0.2) is 24.2 Å². The van der Waals surface area contributed by atoms with Crippen LogP contribution in [0.25, 0.3) is 0 Å². The Balaban J connectivity index is 2.21. The molecule has 1 saturated heterocycles. The van der Waals surface area contributed by atoms with Crippen molar-refractivity contribution in [1.82, 2.24) is 0 Å². The number of carbonyl (C=O) groups is 1. The highest BCUT2D eigenvalue weighted by molar-refractivity contribution is 5.94. The van der Waals surface area contributed by atoms with Gasteiger partial charge in [-0.15, -0.1) is 0 Å². The zero-order valence-electron chi connectivity index (χ0n) is 9.98. The summed E-state index contributed by atoms with van der Waals surface area (Å²) < 4.78 is 13.2. The maximum atomic E-state index is 13.2. The first-order valence-corrected chi connectivity index (χ1v) is 5.77. The summed E-state index contributed by atoms with van der Waals surface area (Å²) in [5.74, 6) is -0.251. The lowest BCUT2D eigenvalue weighted by Crippen LogP contribution is -2.49. The van der Waals surface area contributed by atoms with Crippen LogP contribution in [0.15, 0.2) is 18.2 Å². The van der Waals surface area contributed by atoms with E-state index in [1.54, 1.807) is 0 Å². The monoisotopic (exact) mass is 237 g/mol. The number of halogens is 1. The van der Waals surface area contributed by atoms with Crippen LogP contribution >= 0.6 is 0 Å². The minimum atomic E-state index is -1.01. The van der Waals surface area contributed by atoms with Gasteiger partial charge in [0.15, 0.2) is 0 Å². The summed E-state index contributed by atoms with van der Waals surface area (Å²) in [5, 5.41) is 9.05. The molecule has 1 aliphatic heterocycles. The Bertz CT molecular complexity index is 439. The van der Waals surface area contributed by atoms with Crippen molar-refractivity contribution in [2.45, 2.75) is 13.8 Å². The molecule has 17 heavy (non-hydrogen) atoms. The second kappa shape index (κ2) is 4.35. The van der Waals surface area contributed by atoms with Crippen molar-refractivity contribution in [3.05, 3.63) is 29.6 Å². The minimum absolute atomic E-state index is 0.175. The summed E-state index contributed by atoms with van der Waals surface area (Å²) in [6.07, 6.45) is 0. The van der Waals surface area contributed by atoms with Gasteiger partial charge in [-0.3, -0.25) is 0 Å². The Labute approximate surface area is 99.9 Å². The van der Waals surface area contributed by atoms with E-state index in [0.717, 1.165) is 13.1 Å². The molecule has 92 valence electrons. The zero-order valence-corrected chi connectivity index (χ0v) is 9.98. The second-order valence-corrected chi connectivity index (χ2v) is 4.88. The summed E-state index contributed by atoms with van der Waals surface area (Å²) in [6, 6.07) is 3.82. The molecule has 3 nitrogen and oxygen atoms in total. The van der Waals surface area contributed by atoms with Gasteiger partial charge in [0.1, 0.15) is 5.82 Å². The fraction of sp³-hybridized carbons (Fsp3) is 0.462. The average Bonchev–Trinajstić information content (AvgIpc) is 2.14. The third-order valence-corrected chi connectivity index (χ3v) is 3.38. The van der Waals surface area contributed by atoms with Gasteiger partial charge in [0.2, 0.25) is 0 Å². The molecule has 0 atom stereocenters. The summed E-state index contributed by atoms with van der Waals surface area (Å²) >= 11 is 0. The Morgan fingerprint density at radius 1 is 1.47 bits per heavy atom. The molecule has 1 fully saturated rings. The maximum absolute atomic E-state index is 13.2. The van der Waals surface area contributed by atoms with Crippen molar-refractivity contribution < 1.29 is 14.3 Å². The van der Waals surface area contributed by atoms with E-state index in [4.69, 9.17) is 5.11 Å². The first-order valence-electron chi connectivity index (χ1n) is 5.77. The fourth-order valence-corrected chi connectivity index (χ4v) is 2.08. The highest BCUT2D eigenvalue weighted by Crippen LogP contribution is 2.32. The average molecular weight is 237 g/mol. The van der Waals surface area contributed by atoms with Crippen molar-refractivity contribution in [3.63, 3.8) is 0 Å². The molecule has 1 N–H and O–H groups in total. The number of anilines is 1. The first kappa shape index (κ1) is 11.9. The van der Waals surface area contributed by atoms with E-state index in [1.807, 2.05) is 4.90 Å². The predicted octanol–water partition coefficient (Wildman–Crippen LogP) is 2.62. The van der Waals surface area contributed by atoms with Crippen molar-refractivity contribution in [2.24, 2.45) is 11.8 Å². The van der Waals surface area contributed by atoms with E-state index in [1.165, 1.54) is 18.2 Å². The number of carboxylic acid groups (broad SMARTS) is 1. The molecule has 2 rings (SSSR count). The summed E-state index contributed by atoms with van der Waals surface area (Å²) in [6.45, 7) is 5.90. The topological polar surface area (TPSA) is 40.5 Å². The molecule has 1 aliphatic rings. The predicted molar refractivity (Wildman–Crippen MR) is 63.9 cm³/mol. The van der Waals surface area contributed by atoms with Gasteiger partial charge >= 0.3 is 5.97 Å². The SMILES string of the molecule is CC(C)C1CN(c2cc(F)ccc2C(=O)O)C1. The smallest absolute Gasteiger partial charge is 0.337 e. The Hall–Kier alpha value is -1.58. The van der Waals surface area contributed by atoms with Crippen LogP contribution in [0.2, 0.25) is 0 Å². The van der Waals surface area contributed by atoms with Crippen LogP contribution in [0, 0.1) is 17.7 Å². The maximum Gasteiger partial charge on any atom is 0.337 e. The number of carboxylic acids is 1. The minimum Gasteiger partial charge on any atom is -0.478 e. The molecule has 0 aromatic heterocycles. The number of hydrogen-bond acceptors (Lipinski definition) is 2. The summed E-state index contributed by atoms with van der Waals surface area (Å²) in [4.78, 5) is 13.0. The highest BCUT2D eigenvalue weighted by atomic mass is 19.1. The second-order valence-electron chi connectivity index (χ2n) is 4.88. The van der Waals surface area contributed by atoms with E-state index in [9.17, 15) is 9.18 Å². The third kappa shape index (κ3) is 2.25. The quantitative estimate of drug-likeness (QED) is 0.878. The van der Waals surface area contributed by atoms with Gasteiger partial charge in [-0.1, -0.05) is 13.8 Å². The van der Waals surface area contributed by atoms with Gasteiger partial charge in [0, 0.05) is 13.1 Å². The molecule has 1 heterocycles. The summed E-state index contributed by atoms with van der Waals surface area (Å²) in [5.41, 5.74) is 0.669. The van der Waals surface area contributed by atoms with Gasteiger partial charge in [-0.25, -0.2) is 9.18 Å². The van der Waals surface area contributed by atoms with Crippen molar-refractivity contribution in [2.75, 3.05) is 18.0 Å². The van der Waals surface area contributed by atoms with E-state index in [-0.39, 0.29) is 5.56 Å². The number of rotatable bonds is 3. The van der Waals surface area contributed by atoms with Crippen molar-refractivity contribution in [3.8, 4) is 0 Å². The van der Waals surface area contributed by atoms with Gasteiger partial charge in [-0.2, -0.15) is 0 Å². The van der Waals surface area contributed by atoms with Gasteiger partial charge in [-0.05, 0) is 30.0 Å². The molecule has 1 aromatic rings. The first-order chi connectivity index (χ1) is 7.99. The molecule has 0 radical (unpaired) electrons. The lowest BCUT2D eigenvalue weighted by atomic mass is 9.87. The summed E-state index contributed by atoms with van der Waals surface area (Å²) in [7, 11) is 0. The molecule has 0 aliphatic carbocycles. The Morgan fingerprint density at radius 2 is 2.12 bits per heavy atom. The largest absolute Gasteiger partial charge is 0.478 e. The number of aromatic carboxylic acids is 1. The molecule has 0 bridgehead atoms. The molecule has 0 amide bonds. The molecule has 0 unspecified atom stereocenters. The van der Waals surface area contributed by atoms with Crippen LogP contribution in [0.3, 0.4) is 0 Å². The Kier molecular flexibility index (Phi) is 3.05. The normalized spacial score (nSPS) is 16.1.